The summed E-state index contributed by atoms with van der Waals surface area (Å²) in [6.07, 6.45) is 1.78. The van der Waals surface area contributed by atoms with Gasteiger partial charge in [0.1, 0.15) is 11.3 Å². The standard InChI is InChI=1S/C23H19N5/c1-14-6-2-5-9-19(14)28-21-20(22(24)27-28)18(13-26-23(21)25)17-11-10-15-7-3-4-8-16(15)12-17/h2-13H,1H3,(H2,24,27)(H2,25,26). The van der Waals surface area contributed by atoms with Crippen molar-refractivity contribution in [2.24, 2.45) is 0 Å². The van der Waals surface area contributed by atoms with E-state index in [1.807, 2.05) is 43.3 Å². The highest BCUT2D eigenvalue weighted by Crippen LogP contribution is 2.37. The molecule has 0 aliphatic carbocycles. The van der Waals surface area contributed by atoms with Gasteiger partial charge in [0.15, 0.2) is 5.82 Å². The van der Waals surface area contributed by atoms with E-state index in [1.54, 1.807) is 10.9 Å². The Morgan fingerprint density at radius 3 is 2.39 bits per heavy atom. The van der Waals surface area contributed by atoms with Crippen molar-refractivity contribution in [3.05, 3.63) is 78.5 Å². The number of pyridine rings is 1. The van der Waals surface area contributed by atoms with Crippen LogP contribution in [0.3, 0.4) is 0 Å². The van der Waals surface area contributed by atoms with Crippen molar-refractivity contribution in [3.8, 4) is 16.8 Å². The summed E-state index contributed by atoms with van der Waals surface area (Å²) >= 11 is 0. The topological polar surface area (TPSA) is 82.8 Å². The third kappa shape index (κ3) is 2.41. The molecule has 0 fully saturated rings. The molecule has 5 nitrogen and oxygen atoms in total. The maximum Gasteiger partial charge on any atom is 0.154 e. The second-order valence-corrected chi connectivity index (χ2v) is 6.93. The maximum absolute atomic E-state index is 6.37. The molecule has 0 saturated heterocycles. The van der Waals surface area contributed by atoms with Gasteiger partial charge in [-0.3, -0.25) is 0 Å². The highest BCUT2D eigenvalue weighted by Gasteiger charge is 2.19. The third-order valence-corrected chi connectivity index (χ3v) is 5.16. The summed E-state index contributed by atoms with van der Waals surface area (Å²) in [6.45, 7) is 2.04. The van der Waals surface area contributed by atoms with Crippen molar-refractivity contribution in [2.75, 3.05) is 11.5 Å². The predicted molar refractivity (Wildman–Crippen MR) is 115 cm³/mol. The van der Waals surface area contributed by atoms with Crippen molar-refractivity contribution >= 4 is 33.3 Å². The third-order valence-electron chi connectivity index (χ3n) is 5.16. The first kappa shape index (κ1) is 16.3. The molecular weight excluding hydrogens is 346 g/mol. The molecule has 3 aromatic carbocycles. The van der Waals surface area contributed by atoms with Gasteiger partial charge in [0.25, 0.3) is 0 Å². The Balaban J connectivity index is 1.82. The van der Waals surface area contributed by atoms with Crippen LogP contribution in [0.1, 0.15) is 5.56 Å². The molecule has 28 heavy (non-hydrogen) atoms. The lowest BCUT2D eigenvalue weighted by atomic mass is 10.00. The van der Waals surface area contributed by atoms with Crippen LogP contribution in [0.2, 0.25) is 0 Å². The second kappa shape index (κ2) is 6.09. The van der Waals surface area contributed by atoms with E-state index in [2.05, 4.69) is 40.4 Å². The SMILES string of the molecule is Cc1ccccc1-n1nc(N)c2c(-c3ccc4ccccc4c3)cnc(N)c21. The van der Waals surface area contributed by atoms with Gasteiger partial charge in [0.2, 0.25) is 0 Å². The number of anilines is 2. The molecule has 2 aromatic heterocycles. The van der Waals surface area contributed by atoms with Crippen LogP contribution in [0.15, 0.2) is 72.9 Å². The van der Waals surface area contributed by atoms with Crippen LogP contribution in [0.5, 0.6) is 0 Å². The molecule has 136 valence electrons. The molecule has 2 heterocycles. The molecule has 0 aliphatic heterocycles. The van der Waals surface area contributed by atoms with Crippen molar-refractivity contribution in [2.45, 2.75) is 6.92 Å². The molecule has 5 rings (SSSR count). The van der Waals surface area contributed by atoms with Crippen LogP contribution >= 0.6 is 0 Å². The Bertz CT molecular complexity index is 1350. The zero-order valence-corrected chi connectivity index (χ0v) is 15.4. The summed E-state index contributed by atoms with van der Waals surface area (Å²) in [7, 11) is 0. The summed E-state index contributed by atoms with van der Waals surface area (Å²) in [5.74, 6) is 0.850. The zero-order chi connectivity index (χ0) is 19.3. The molecule has 0 radical (unpaired) electrons. The molecule has 0 spiro atoms. The Labute approximate surface area is 162 Å². The Hall–Kier alpha value is -3.86. The van der Waals surface area contributed by atoms with Gasteiger partial charge in [-0.1, -0.05) is 54.6 Å². The number of rotatable bonds is 2. The number of hydrogen-bond donors (Lipinski definition) is 2. The van der Waals surface area contributed by atoms with E-state index in [0.29, 0.717) is 11.6 Å². The molecule has 5 aromatic rings. The van der Waals surface area contributed by atoms with E-state index in [-0.39, 0.29) is 0 Å². The Morgan fingerprint density at radius 2 is 1.57 bits per heavy atom. The number of nitrogens with two attached hydrogens (primary N) is 2. The fraction of sp³-hybridized carbons (Fsp3) is 0.0435. The smallest absolute Gasteiger partial charge is 0.154 e. The fourth-order valence-electron chi connectivity index (χ4n) is 3.75. The van der Waals surface area contributed by atoms with Crippen LogP contribution in [-0.4, -0.2) is 14.8 Å². The van der Waals surface area contributed by atoms with Gasteiger partial charge in [-0.25, -0.2) is 9.67 Å². The van der Waals surface area contributed by atoms with Gasteiger partial charge in [0.05, 0.1) is 11.1 Å². The number of nitrogens with zero attached hydrogens (tertiary/aromatic N) is 3. The summed E-state index contributed by atoms with van der Waals surface area (Å²) in [4.78, 5) is 4.45. The number of hydrogen-bond acceptors (Lipinski definition) is 4. The highest BCUT2D eigenvalue weighted by molar-refractivity contribution is 6.07. The first-order valence-electron chi connectivity index (χ1n) is 9.11. The minimum atomic E-state index is 0.409. The molecular formula is C23H19N5. The number of para-hydroxylation sites is 1. The Morgan fingerprint density at radius 1 is 0.821 bits per heavy atom. The molecule has 0 atom stereocenters. The van der Waals surface area contributed by atoms with E-state index in [4.69, 9.17) is 11.5 Å². The van der Waals surface area contributed by atoms with Crippen molar-refractivity contribution in [3.63, 3.8) is 0 Å². The van der Waals surface area contributed by atoms with Gasteiger partial charge in [-0.05, 0) is 41.0 Å². The average molecular weight is 365 g/mol. The lowest BCUT2D eigenvalue weighted by Crippen LogP contribution is -2.02. The molecule has 0 unspecified atom stereocenters. The molecule has 0 aliphatic rings. The van der Waals surface area contributed by atoms with Crippen molar-refractivity contribution in [1.82, 2.24) is 14.8 Å². The number of fused-ring (bicyclic) bond motifs is 2. The number of aromatic nitrogens is 3. The summed E-state index contributed by atoms with van der Waals surface area (Å²) in [5, 5.41) is 7.78. The van der Waals surface area contributed by atoms with Gasteiger partial charge in [-0.2, -0.15) is 0 Å². The monoisotopic (exact) mass is 365 g/mol. The molecule has 0 bridgehead atoms. The zero-order valence-electron chi connectivity index (χ0n) is 15.4. The van der Waals surface area contributed by atoms with E-state index in [0.717, 1.165) is 38.7 Å². The molecule has 0 saturated carbocycles. The van der Waals surface area contributed by atoms with E-state index in [1.165, 1.54) is 5.39 Å². The maximum atomic E-state index is 6.37. The minimum absolute atomic E-state index is 0.409. The van der Waals surface area contributed by atoms with E-state index >= 15 is 0 Å². The van der Waals surface area contributed by atoms with Crippen molar-refractivity contribution in [1.29, 1.82) is 0 Å². The molecule has 4 N–H and O–H groups in total. The number of benzene rings is 3. The van der Waals surface area contributed by atoms with Gasteiger partial charge >= 0.3 is 0 Å². The molecule has 0 amide bonds. The molecule has 5 heteroatoms. The predicted octanol–water partition coefficient (Wildman–Crippen LogP) is 4.71. The van der Waals surface area contributed by atoms with Crippen LogP contribution in [0, 0.1) is 6.92 Å². The summed E-state index contributed by atoms with van der Waals surface area (Å²) in [5.41, 5.74) is 17.4. The fourth-order valence-corrected chi connectivity index (χ4v) is 3.75. The largest absolute Gasteiger partial charge is 0.382 e. The van der Waals surface area contributed by atoms with E-state index in [9.17, 15) is 0 Å². The quantitative estimate of drug-likeness (QED) is 0.474. The lowest BCUT2D eigenvalue weighted by Gasteiger charge is -2.10. The minimum Gasteiger partial charge on any atom is -0.382 e. The number of nitrogen functional groups attached to an aromatic ring is 2. The van der Waals surface area contributed by atoms with Crippen LogP contribution < -0.4 is 11.5 Å². The van der Waals surface area contributed by atoms with Gasteiger partial charge in [0, 0.05) is 11.8 Å². The van der Waals surface area contributed by atoms with Crippen LogP contribution in [0.4, 0.5) is 11.6 Å². The van der Waals surface area contributed by atoms with E-state index < -0.39 is 0 Å². The Kier molecular flexibility index (Phi) is 3.55. The van der Waals surface area contributed by atoms with Crippen molar-refractivity contribution < 1.29 is 0 Å². The summed E-state index contributed by atoms with van der Waals surface area (Å²) < 4.78 is 1.80. The first-order chi connectivity index (χ1) is 13.6. The normalized spacial score (nSPS) is 11.3. The number of aryl methyl sites for hydroxylation is 1. The van der Waals surface area contributed by atoms with Crippen LogP contribution in [0.25, 0.3) is 38.5 Å². The van der Waals surface area contributed by atoms with Crippen LogP contribution in [-0.2, 0) is 0 Å². The second-order valence-electron chi connectivity index (χ2n) is 6.93. The van der Waals surface area contributed by atoms with Gasteiger partial charge < -0.3 is 11.5 Å². The van der Waals surface area contributed by atoms with Gasteiger partial charge in [-0.15, -0.1) is 5.10 Å². The summed E-state index contributed by atoms with van der Waals surface area (Å²) in [6, 6.07) is 22.6. The highest BCUT2D eigenvalue weighted by atomic mass is 15.3. The lowest BCUT2D eigenvalue weighted by molar-refractivity contribution is 0.907. The average Bonchev–Trinajstić information content (AvgIpc) is 3.06. The first-order valence-corrected chi connectivity index (χ1v) is 9.11.